The highest BCUT2D eigenvalue weighted by atomic mass is 35.5. The summed E-state index contributed by atoms with van der Waals surface area (Å²) in [7, 11) is 0. The first-order valence-electron chi connectivity index (χ1n) is 4.56. The van der Waals surface area contributed by atoms with Gasteiger partial charge in [0.1, 0.15) is 11.6 Å². The van der Waals surface area contributed by atoms with E-state index in [-0.39, 0.29) is 16.3 Å². The van der Waals surface area contributed by atoms with E-state index in [1.807, 2.05) is 0 Å². The van der Waals surface area contributed by atoms with Gasteiger partial charge in [0.2, 0.25) is 10.4 Å². The van der Waals surface area contributed by atoms with Crippen molar-refractivity contribution in [3.8, 4) is 11.6 Å². The van der Waals surface area contributed by atoms with Crippen LogP contribution < -0.4 is 4.74 Å². The molecule has 17 heavy (non-hydrogen) atoms. The minimum absolute atomic E-state index is 0.0135. The molecule has 1 aromatic heterocycles. The SMILES string of the molecule is Cc1ccc(F)cc1Oc1nc(Cl)nnc1Cl. The van der Waals surface area contributed by atoms with Gasteiger partial charge in [-0.25, -0.2) is 4.39 Å². The minimum atomic E-state index is -0.421. The fourth-order valence-corrected chi connectivity index (χ4v) is 1.37. The molecular weight excluding hydrogens is 268 g/mol. The Hall–Kier alpha value is -1.46. The maximum atomic E-state index is 13.0. The molecule has 0 bridgehead atoms. The number of rotatable bonds is 2. The highest BCUT2D eigenvalue weighted by Crippen LogP contribution is 2.28. The van der Waals surface area contributed by atoms with Crippen LogP contribution in [0.3, 0.4) is 0 Å². The quantitative estimate of drug-likeness (QED) is 0.841. The average Bonchev–Trinajstić information content (AvgIpc) is 2.28. The molecule has 7 heteroatoms. The molecule has 0 radical (unpaired) electrons. The zero-order valence-electron chi connectivity index (χ0n) is 8.62. The summed E-state index contributed by atoms with van der Waals surface area (Å²) in [5, 5.41) is 6.83. The average molecular weight is 274 g/mol. The molecular formula is C10H6Cl2FN3O. The number of halogens is 3. The number of ether oxygens (including phenoxy) is 1. The lowest BCUT2D eigenvalue weighted by atomic mass is 10.2. The van der Waals surface area contributed by atoms with Gasteiger partial charge in [-0.3, -0.25) is 0 Å². The molecule has 1 aromatic carbocycles. The summed E-state index contributed by atoms with van der Waals surface area (Å²) in [6, 6.07) is 4.13. The Morgan fingerprint density at radius 1 is 1.24 bits per heavy atom. The molecule has 0 unspecified atom stereocenters. The second kappa shape index (κ2) is 4.81. The van der Waals surface area contributed by atoms with E-state index in [4.69, 9.17) is 27.9 Å². The molecule has 0 amide bonds. The lowest BCUT2D eigenvalue weighted by Gasteiger charge is -2.08. The van der Waals surface area contributed by atoms with E-state index in [0.29, 0.717) is 5.75 Å². The van der Waals surface area contributed by atoms with Gasteiger partial charge in [0.25, 0.3) is 5.88 Å². The number of hydrogen-bond acceptors (Lipinski definition) is 4. The highest BCUT2D eigenvalue weighted by Gasteiger charge is 2.10. The van der Waals surface area contributed by atoms with Crippen molar-refractivity contribution in [1.82, 2.24) is 15.2 Å². The summed E-state index contributed by atoms with van der Waals surface area (Å²) in [6.45, 7) is 1.76. The van der Waals surface area contributed by atoms with Crippen LogP contribution in [-0.4, -0.2) is 15.2 Å². The van der Waals surface area contributed by atoms with Gasteiger partial charge in [0, 0.05) is 6.07 Å². The van der Waals surface area contributed by atoms with Crippen molar-refractivity contribution in [2.45, 2.75) is 6.92 Å². The first-order valence-corrected chi connectivity index (χ1v) is 5.31. The molecule has 0 N–H and O–H groups in total. The zero-order chi connectivity index (χ0) is 12.4. The van der Waals surface area contributed by atoms with E-state index in [0.717, 1.165) is 5.56 Å². The molecule has 88 valence electrons. The van der Waals surface area contributed by atoms with Crippen LogP contribution in [0.1, 0.15) is 5.56 Å². The standard InChI is InChI=1S/C10H6Cl2FN3O/c1-5-2-3-6(13)4-7(5)17-9-8(11)15-16-10(12)14-9/h2-4H,1H3. The Morgan fingerprint density at radius 2 is 2.00 bits per heavy atom. The summed E-state index contributed by atoms with van der Waals surface area (Å²) in [5.41, 5.74) is 0.734. The minimum Gasteiger partial charge on any atom is -0.436 e. The Labute approximate surface area is 106 Å². The maximum Gasteiger partial charge on any atom is 0.262 e. The smallest absolute Gasteiger partial charge is 0.262 e. The van der Waals surface area contributed by atoms with Crippen LogP contribution in [0.15, 0.2) is 18.2 Å². The normalized spacial score (nSPS) is 10.4. The van der Waals surface area contributed by atoms with Crippen LogP contribution in [0.2, 0.25) is 10.4 Å². The van der Waals surface area contributed by atoms with Crippen LogP contribution in [0.25, 0.3) is 0 Å². The van der Waals surface area contributed by atoms with E-state index in [1.54, 1.807) is 13.0 Å². The lowest BCUT2D eigenvalue weighted by Crippen LogP contribution is -1.96. The highest BCUT2D eigenvalue weighted by molar-refractivity contribution is 6.31. The summed E-state index contributed by atoms with van der Waals surface area (Å²) < 4.78 is 18.4. The summed E-state index contributed by atoms with van der Waals surface area (Å²) in [6.07, 6.45) is 0. The monoisotopic (exact) mass is 273 g/mol. The fourth-order valence-electron chi connectivity index (χ4n) is 1.13. The molecule has 4 nitrogen and oxygen atoms in total. The Balaban J connectivity index is 2.37. The van der Waals surface area contributed by atoms with Gasteiger partial charge in [-0.1, -0.05) is 17.7 Å². The van der Waals surface area contributed by atoms with Crippen molar-refractivity contribution >= 4 is 23.2 Å². The third kappa shape index (κ3) is 2.81. The molecule has 2 rings (SSSR count). The van der Waals surface area contributed by atoms with Crippen molar-refractivity contribution < 1.29 is 9.13 Å². The van der Waals surface area contributed by atoms with E-state index in [2.05, 4.69) is 15.2 Å². The topological polar surface area (TPSA) is 47.9 Å². The Morgan fingerprint density at radius 3 is 2.76 bits per heavy atom. The maximum absolute atomic E-state index is 13.0. The molecule has 0 fully saturated rings. The second-order valence-electron chi connectivity index (χ2n) is 3.19. The van der Waals surface area contributed by atoms with E-state index in [1.165, 1.54) is 12.1 Å². The van der Waals surface area contributed by atoms with Gasteiger partial charge in [0.05, 0.1) is 0 Å². The fraction of sp³-hybridized carbons (Fsp3) is 0.100. The van der Waals surface area contributed by atoms with E-state index < -0.39 is 5.82 Å². The summed E-state index contributed by atoms with van der Waals surface area (Å²) in [5.74, 6) is -0.140. The van der Waals surface area contributed by atoms with Gasteiger partial charge < -0.3 is 4.74 Å². The van der Waals surface area contributed by atoms with E-state index >= 15 is 0 Å². The van der Waals surface area contributed by atoms with Crippen molar-refractivity contribution in [3.05, 3.63) is 40.0 Å². The van der Waals surface area contributed by atoms with Crippen LogP contribution in [0.5, 0.6) is 11.6 Å². The van der Waals surface area contributed by atoms with Crippen molar-refractivity contribution in [2.75, 3.05) is 0 Å². The number of aryl methyl sites for hydroxylation is 1. The molecule has 0 aliphatic rings. The lowest BCUT2D eigenvalue weighted by molar-refractivity contribution is 0.449. The molecule has 0 aliphatic heterocycles. The van der Waals surface area contributed by atoms with Crippen LogP contribution in [0, 0.1) is 12.7 Å². The van der Waals surface area contributed by atoms with Crippen molar-refractivity contribution in [1.29, 1.82) is 0 Å². The largest absolute Gasteiger partial charge is 0.436 e. The van der Waals surface area contributed by atoms with Gasteiger partial charge >= 0.3 is 0 Å². The molecule has 0 spiro atoms. The number of nitrogens with zero attached hydrogens (tertiary/aromatic N) is 3. The third-order valence-corrected chi connectivity index (χ3v) is 2.34. The van der Waals surface area contributed by atoms with Crippen LogP contribution in [-0.2, 0) is 0 Å². The number of benzene rings is 1. The number of hydrogen-bond donors (Lipinski definition) is 0. The summed E-state index contributed by atoms with van der Waals surface area (Å²) in [4.78, 5) is 3.75. The third-order valence-electron chi connectivity index (χ3n) is 1.95. The van der Waals surface area contributed by atoms with Crippen LogP contribution in [0.4, 0.5) is 4.39 Å². The predicted molar refractivity (Wildman–Crippen MR) is 61.1 cm³/mol. The van der Waals surface area contributed by atoms with Gasteiger partial charge in [-0.05, 0) is 30.2 Å². The van der Waals surface area contributed by atoms with Gasteiger partial charge in [-0.2, -0.15) is 4.98 Å². The molecule has 0 saturated heterocycles. The van der Waals surface area contributed by atoms with Crippen LogP contribution >= 0.6 is 23.2 Å². The van der Waals surface area contributed by atoms with E-state index in [9.17, 15) is 4.39 Å². The molecule has 1 heterocycles. The van der Waals surface area contributed by atoms with Gasteiger partial charge in [0.15, 0.2) is 0 Å². The Bertz CT molecular complexity index is 516. The molecule has 0 saturated carbocycles. The van der Waals surface area contributed by atoms with Crippen molar-refractivity contribution in [2.24, 2.45) is 0 Å². The first-order chi connectivity index (χ1) is 8.06. The molecule has 2 aromatic rings. The van der Waals surface area contributed by atoms with Crippen molar-refractivity contribution in [3.63, 3.8) is 0 Å². The predicted octanol–water partition coefficient (Wildman–Crippen LogP) is 3.42. The Kier molecular flexibility index (Phi) is 3.40. The van der Waals surface area contributed by atoms with Gasteiger partial charge in [-0.15, -0.1) is 10.2 Å². The zero-order valence-corrected chi connectivity index (χ0v) is 10.1. The molecule has 0 atom stereocenters. The molecule has 0 aliphatic carbocycles. The first kappa shape index (κ1) is 12.0. The number of aromatic nitrogens is 3. The summed E-state index contributed by atoms with van der Waals surface area (Å²) >= 11 is 11.3. The second-order valence-corrected chi connectivity index (χ2v) is 3.88.